The van der Waals surface area contributed by atoms with Crippen LogP contribution in [0.4, 0.5) is 4.39 Å². The summed E-state index contributed by atoms with van der Waals surface area (Å²) in [7, 11) is 0. The molecule has 1 heterocycles. The van der Waals surface area contributed by atoms with E-state index in [9.17, 15) is 4.39 Å². The van der Waals surface area contributed by atoms with Gasteiger partial charge in [-0.15, -0.1) is 0 Å². The van der Waals surface area contributed by atoms with Gasteiger partial charge in [0.25, 0.3) is 0 Å². The number of pyridine rings is 1. The summed E-state index contributed by atoms with van der Waals surface area (Å²) in [6, 6.07) is 3.06. The average molecular weight is 210 g/mol. The van der Waals surface area contributed by atoms with Crippen molar-refractivity contribution in [2.75, 3.05) is 6.54 Å². The molecule has 3 heteroatoms. The molecule has 84 valence electrons. The van der Waals surface area contributed by atoms with Gasteiger partial charge in [0.2, 0.25) is 0 Å². The van der Waals surface area contributed by atoms with Crippen molar-refractivity contribution in [1.29, 1.82) is 0 Å². The van der Waals surface area contributed by atoms with E-state index >= 15 is 0 Å². The minimum absolute atomic E-state index is 0.227. The molecule has 1 aromatic rings. The summed E-state index contributed by atoms with van der Waals surface area (Å²) < 4.78 is 13.2. The maximum Gasteiger partial charge on any atom is 0.146 e. The van der Waals surface area contributed by atoms with Gasteiger partial charge in [-0.25, -0.2) is 4.39 Å². The lowest BCUT2D eigenvalue weighted by molar-refractivity contribution is 0.443. The van der Waals surface area contributed by atoms with Gasteiger partial charge in [0.15, 0.2) is 0 Å². The second kappa shape index (κ2) is 6.51. The highest BCUT2D eigenvalue weighted by atomic mass is 19.1. The summed E-state index contributed by atoms with van der Waals surface area (Å²) in [6.07, 6.45) is 3.94. The molecular formula is C12H19FN2. The molecule has 0 aliphatic heterocycles. The zero-order valence-electron chi connectivity index (χ0n) is 9.46. The summed E-state index contributed by atoms with van der Waals surface area (Å²) in [5.74, 6) is 0.450. The van der Waals surface area contributed by atoms with E-state index in [1.54, 1.807) is 12.3 Å². The maximum absolute atomic E-state index is 13.2. The van der Waals surface area contributed by atoms with Crippen LogP contribution in [-0.2, 0) is 6.54 Å². The third kappa shape index (κ3) is 3.96. The molecule has 2 nitrogen and oxygen atoms in total. The standard InChI is InChI=1S/C12H19FN2/c1-3-10(4-2)8-14-9-12-11(13)6-5-7-15-12/h5-7,10,14H,3-4,8-9H2,1-2H3. The van der Waals surface area contributed by atoms with Gasteiger partial charge in [0.05, 0.1) is 5.69 Å². The molecule has 0 spiro atoms. The summed E-state index contributed by atoms with van der Waals surface area (Å²) in [4.78, 5) is 3.99. The van der Waals surface area contributed by atoms with Crippen LogP contribution in [0, 0.1) is 11.7 Å². The van der Waals surface area contributed by atoms with Gasteiger partial charge in [0, 0.05) is 12.7 Å². The molecular weight excluding hydrogens is 191 g/mol. The third-order valence-electron chi connectivity index (χ3n) is 2.71. The molecule has 1 rings (SSSR count). The van der Waals surface area contributed by atoms with Gasteiger partial charge < -0.3 is 5.32 Å². The Morgan fingerprint density at radius 3 is 2.73 bits per heavy atom. The van der Waals surface area contributed by atoms with Gasteiger partial charge in [-0.3, -0.25) is 4.98 Å². The highest BCUT2D eigenvalue weighted by Crippen LogP contribution is 2.06. The molecule has 0 atom stereocenters. The summed E-state index contributed by atoms with van der Waals surface area (Å²) in [5, 5.41) is 3.24. The molecule has 1 N–H and O–H groups in total. The lowest BCUT2D eigenvalue weighted by Gasteiger charge is -2.12. The fourth-order valence-electron chi connectivity index (χ4n) is 1.52. The number of rotatable bonds is 6. The topological polar surface area (TPSA) is 24.9 Å². The van der Waals surface area contributed by atoms with Crippen molar-refractivity contribution < 1.29 is 4.39 Å². The summed E-state index contributed by atoms with van der Waals surface area (Å²) in [6.45, 7) is 5.81. The second-order valence-corrected chi connectivity index (χ2v) is 3.75. The highest BCUT2D eigenvalue weighted by Gasteiger charge is 2.04. The first-order chi connectivity index (χ1) is 7.27. The lowest BCUT2D eigenvalue weighted by atomic mass is 10.0. The molecule has 0 saturated heterocycles. The van der Waals surface area contributed by atoms with Gasteiger partial charge in [-0.05, 0) is 24.6 Å². The number of hydrogen-bond donors (Lipinski definition) is 1. The van der Waals surface area contributed by atoms with E-state index in [0.29, 0.717) is 18.2 Å². The number of nitrogens with one attached hydrogen (secondary N) is 1. The molecule has 0 unspecified atom stereocenters. The second-order valence-electron chi connectivity index (χ2n) is 3.75. The van der Waals surface area contributed by atoms with Gasteiger partial charge in [-0.2, -0.15) is 0 Å². The minimum atomic E-state index is -0.227. The Labute approximate surface area is 90.9 Å². The monoisotopic (exact) mass is 210 g/mol. The van der Waals surface area contributed by atoms with Crippen molar-refractivity contribution in [2.24, 2.45) is 5.92 Å². The largest absolute Gasteiger partial charge is 0.311 e. The Morgan fingerprint density at radius 1 is 1.40 bits per heavy atom. The Hall–Kier alpha value is -0.960. The van der Waals surface area contributed by atoms with E-state index in [2.05, 4.69) is 24.1 Å². The van der Waals surface area contributed by atoms with Crippen LogP contribution >= 0.6 is 0 Å². The number of aromatic nitrogens is 1. The molecule has 0 saturated carbocycles. The zero-order valence-corrected chi connectivity index (χ0v) is 9.46. The quantitative estimate of drug-likeness (QED) is 0.781. The average Bonchev–Trinajstić information content (AvgIpc) is 2.27. The van der Waals surface area contributed by atoms with E-state index in [1.807, 2.05) is 0 Å². The Balaban J connectivity index is 2.34. The predicted octanol–water partition coefficient (Wildman–Crippen LogP) is 2.75. The van der Waals surface area contributed by atoms with Crippen molar-refractivity contribution in [3.63, 3.8) is 0 Å². The summed E-state index contributed by atoms with van der Waals surface area (Å²) >= 11 is 0. The maximum atomic E-state index is 13.2. The fourth-order valence-corrected chi connectivity index (χ4v) is 1.52. The minimum Gasteiger partial charge on any atom is -0.311 e. The smallest absolute Gasteiger partial charge is 0.146 e. The first kappa shape index (κ1) is 12.1. The molecule has 15 heavy (non-hydrogen) atoms. The van der Waals surface area contributed by atoms with Gasteiger partial charge in [-0.1, -0.05) is 26.7 Å². The van der Waals surface area contributed by atoms with E-state index < -0.39 is 0 Å². The van der Waals surface area contributed by atoms with Crippen molar-refractivity contribution in [1.82, 2.24) is 10.3 Å². The molecule has 0 bridgehead atoms. The summed E-state index contributed by atoms with van der Waals surface area (Å²) in [5.41, 5.74) is 0.503. The van der Waals surface area contributed by atoms with Crippen LogP contribution in [0.25, 0.3) is 0 Å². The molecule has 0 radical (unpaired) electrons. The van der Waals surface area contributed by atoms with Crippen LogP contribution in [-0.4, -0.2) is 11.5 Å². The molecule has 0 fully saturated rings. The van der Waals surface area contributed by atoms with Gasteiger partial charge in [0.1, 0.15) is 5.82 Å². The number of hydrogen-bond acceptors (Lipinski definition) is 2. The van der Waals surface area contributed by atoms with Crippen LogP contribution < -0.4 is 5.32 Å². The van der Waals surface area contributed by atoms with Crippen LogP contribution in [0.3, 0.4) is 0 Å². The zero-order chi connectivity index (χ0) is 11.1. The molecule has 0 aliphatic carbocycles. The molecule has 0 aliphatic rings. The van der Waals surface area contributed by atoms with E-state index in [-0.39, 0.29) is 5.82 Å². The highest BCUT2D eigenvalue weighted by molar-refractivity contribution is 5.06. The van der Waals surface area contributed by atoms with Crippen LogP contribution in [0.2, 0.25) is 0 Å². The first-order valence-corrected chi connectivity index (χ1v) is 5.58. The third-order valence-corrected chi connectivity index (χ3v) is 2.71. The predicted molar refractivity (Wildman–Crippen MR) is 60.0 cm³/mol. The van der Waals surface area contributed by atoms with Crippen molar-refractivity contribution in [2.45, 2.75) is 33.2 Å². The van der Waals surface area contributed by atoms with Crippen molar-refractivity contribution >= 4 is 0 Å². The first-order valence-electron chi connectivity index (χ1n) is 5.58. The van der Waals surface area contributed by atoms with E-state index in [0.717, 1.165) is 19.4 Å². The Kier molecular flexibility index (Phi) is 5.26. The van der Waals surface area contributed by atoms with E-state index in [1.165, 1.54) is 6.07 Å². The Morgan fingerprint density at radius 2 is 2.13 bits per heavy atom. The van der Waals surface area contributed by atoms with Crippen LogP contribution in [0.15, 0.2) is 18.3 Å². The normalized spacial score (nSPS) is 10.9. The van der Waals surface area contributed by atoms with E-state index in [4.69, 9.17) is 0 Å². The van der Waals surface area contributed by atoms with Crippen molar-refractivity contribution in [3.8, 4) is 0 Å². The Bertz CT molecular complexity index is 285. The molecule has 1 aromatic heterocycles. The van der Waals surface area contributed by atoms with Crippen LogP contribution in [0.1, 0.15) is 32.4 Å². The molecule has 0 aromatic carbocycles. The lowest BCUT2D eigenvalue weighted by Crippen LogP contribution is -2.22. The van der Waals surface area contributed by atoms with Crippen molar-refractivity contribution in [3.05, 3.63) is 29.8 Å². The number of halogens is 1. The molecule has 0 amide bonds. The SMILES string of the molecule is CCC(CC)CNCc1ncccc1F. The fraction of sp³-hybridized carbons (Fsp3) is 0.583. The number of nitrogens with zero attached hydrogens (tertiary/aromatic N) is 1. The van der Waals surface area contributed by atoms with Crippen LogP contribution in [0.5, 0.6) is 0 Å². The van der Waals surface area contributed by atoms with Gasteiger partial charge >= 0.3 is 0 Å².